The molecule has 0 aromatic carbocycles. The standard InChI is InChI=1S/C14H17N5O2/c20-13(17-8-14(21)4-1-2-5-14)11-3-6-16-12(7-11)19-10-15-9-18-19/h3,6-7,9-10,21H,1-2,4-5,8H2,(H,17,20). The van der Waals surface area contributed by atoms with Gasteiger partial charge in [-0.1, -0.05) is 12.8 Å². The van der Waals surface area contributed by atoms with Crippen LogP contribution < -0.4 is 5.32 Å². The Hall–Kier alpha value is -2.28. The van der Waals surface area contributed by atoms with Crippen LogP contribution in [-0.4, -0.2) is 42.9 Å². The first kappa shape index (κ1) is 13.7. The molecule has 1 fully saturated rings. The normalized spacial score (nSPS) is 16.8. The van der Waals surface area contributed by atoms with Crippen molar-refractivity contribution in [3.63, 3.8) is 0 Å². The molecule has 0 radical (unpaired) electrons. The summed E-state index contributed by atoms with van der Waals surface area (Å²) in [4.78, 5) is 20.2. The summed E-state index contributed by atoms with van der Waals surface area (Å²) < 4.78 is 1.49. The van der Waals surface area contributed by atoms with Gasteiger partial charge in [-0.25, -0.2) is 14.6 Å². The predicted octanol–water partition coefficient (Wildman–Crippen LogP) is 0.697. The third kappa shape index (κ3) is 3.08. The number of amides is 1. The molecule has 2 aromatic heterocycles. The molecule has 0 saturated heterocycles. The van der Waals surface area contributed by atoms with Gasteiger partial charge in [-0.2, -0.15) is 5.10 Å². The van der Waals surface area contributed by atoms with Gasteiger partial charge in [0.15, 0.2) is 5.82 Å². The average molecular weight is 287 g/mol. The fraction of sp³-hybridized carbons (Fsp3) is 0.429. The molecule has 110 valence electrons. The number of hydrogen-bond acceptors (Lipinski definition) is 5. The number of aliphatic hydroxyl groups is 1. The highest BCUT2D eigenvalue weighted by Crippen LogP contribution is 2.28. The minimum Gasteiger partial charge on any atom is -0.388 e. The zero-order chi connectivity index (χ0) is 14.7. The molecule has 0 atom stereocenters. The molecule has 0 spiro atoms. The highest BCUT2D eigenvalue weighted by molar-refractivity contribution is 5.94. The lowest BCUT2D eigenvalue weighted by Crippen LogP contribution is -2.40. The van der Waals surface area contributed by atoms with Gasteiger partial charge in [0.05, 0.1) is 5.60 Å². The second kappa shape index (κ2) is 5.61. The number of hydrogen-bond donors (Lipinski definition) is 2. The number of aromatic nitrogens is 4. The van der Waals surface area contributed by atoms with E-state index in [1.165, 1.54) is 17.3 Å². The van der Waals surface area contributed by atoms with Crippen molar-refractivity contribution in [1.29, 1.82) is 0 Å². The fourth-order valence-electron chi connectivity index (χ4n) is 2.57. The first-order valence-electron chi connectivity index (χ1n) is 6.98. The summed E-state index contributed by atoms with van der Waals surface area (Å²) in [5.74, 6) is 0.304. The molecule has 1 amide bonds. The van der Waals surface area contributed by atoms with Crippen molar-refractivity contribution in [2.75, 3.05) is 6.54 Å². The van der Waals surface area contributed by atoms with Gasteiger partial charge >= 0.3 is 0 Å². The first-order valence-corrected chi connectivity index (χ1v) is 6.98. The molecule has 7 heteroatoms. The summed E-state index contributed by atoms with van der Waals surface area (Å²) in [6.07, 6.45) is 7.99. The lowest BCUT2D eigenvalue weighted by atomic mass is 10.0. The zero-order valence-corrected chi connectivity index (χ0v) is 11.6. The SMILES string of the molecule is O=C(NCC1(O)CCCC1)c1ccnc(-n2cncn2)c1. The molecule has 2 N–H and O–H groups in total. The summed E-state index contributed by atoms with van der Waals surface area (Å²) in [5.41, 5.74) is -0.269. The molecule has 2 heterocycles. The van der Waals surface area contributed by atoms with Crippen molar-refractivity contribution in [2.45, 2.75) is 31.3 Å². The van der Waals surface area contributed by atoms with Crippen molar-refractivity contribution in [3.05, 3.63) is 36.5 Å². The number of carbonyl (C=O) groups is 1. The molecular formula is C14H17N5O2. The van der Waals surface area contributed by atoms with E-state index in [-0.39, 0.29) is 12.5 Å². The number of pyridine rings is 1. The molecule has 1 aliphatic rings. The second-order valence-electron chi connectivity index (χ2n) is 5.36. The lowest BCUT2D eigenvalue weighted by molar-refractivity contribution is 0.0449. The van der Waals surface area contributed by atoms with E-state index in [1.807, 2.05) is 0 Å². The summed E-state index contributed by atoms with van der Waals surface area (Å²) in [5, 5.41) is 17.0. The topological polar surface area (TPSA) is 92.9 Å². The van der Waals surface area contributed by atoms with Gasteiger partial charge in [-0.3, -0.25) is 4.79 Å². The maximum absolute atomic E-state index is 12.2. The number of rotatable bonds is 4. The van der Waals surface area contributed by atoms with Gasteiger partial charge in [0.25, 0.3) is 5.91 Å². The molecule has 3 rings (SSSR count). The van der Waals surface area contributed by atoms with E-state index in [0.717, 1.165) is 25.7 Å². The zero-order valence-electron chi connectivity index (χ0n) is 11.6. The van der Waals surface area contributed by atoms with E-state index in [4.69, 9.17) is 0 Å². The molecule has 0 bridgehead atoms. The third-order valence-electron chi connectivity index (χ3n) is 3.77. The monoisotopic (exact) mass is 287 g/mol. The Balaban J connectivity index is 1.69. The molecule has 0 aliphatic heterocycles. The lowest BCUT2D eigenvalue weighted by Gasteiger charge is -2.22. The number of carbonyl (C=O) groups excluding carboxylic acids is 1. The quantitative estimate of drug-likeness (QED) is 0.863. The third-order valence-corrected chi connectivity index (χ3v) is 3.77. The van der Waals surface area contributed by atoms with Crippen LogP contribution in [0.15, 0.2) is 31.0 Å². The Bertz CT molecular complexity index is 620. The number of nitrogens with zero attached hydrogens (tertiary/aromatic N) is 4. The van der Waals surface area contributed by atoms with Crippen LogP contribution in [0.4, 0.5) is 0 Å². The van der Waals surface area contributed by atoms with Gasteiger partial charge in [0, 0.05) is 18.3 Å². The molecule has 0 unspecified atom stereocenters. The minimum absolute atomic E-state index is 0.223. The Morgan fingerprint density at radius 1 is 1.43 bits per heavy atom. The van der Waals surface area contributed by atoms with Crippen LogP contribution in [0.2, 0.25) is 0 Å². The van der Waals surface area contributed by atoms with Crippen LogP contribution >= 0.6 is 0 Å². The van der Waals surface area contributed by atoms with Gasteiger partial charge in [0.1, 0.15) is 12.7 Å². The maximum Gasteiger partial charge on any atom is 0.251 e. The highest BCUT2D eigenvalue weighted by Gasteiger charge is 2.31. The first-order chi connectivity index (χ1) is 10.2. The van der Waals surface area contributed by atoms with Crippen LogP contribution in [0.1, 0.15) is 36.0 Å². The average Bonchev–Trinajstić information content (AvgIpc) is 3.17. The van der Waals surface area contributed by atoms with E-state index in [0.29, 0.717) is 11.4 Å². The van der Waals surface area contributed by atoms with E-state index in [2.05, 4.69) is 20.4 Å². The molecular weight excluding hydrogens is 270 g/mol. The predicted molar refractivity (Wildman–Crippen MR) is 74.9 cm³/mol. The van der Waals surface area contributed by atoms with E-state index >= 15 is 0 Å². The maximum atomic E-state index is 12.2. The Morgan fingerprint density at radius 3 is 2.95 bits per heavy atom. The fourth-order valence-corrected chi connectivity index (χ4v) is 2.57. The van der Waals surface area contributed by atoms with Gasteiger partial charge < -0.3 is 10.4 Å². The largest absolute Gasteiger partial charge is 0.388 e. The second-order valence-corrected chi connectivity index (χ2v) is 5.36. The van der Waals surface area contributed by atoms with Gasteiger partial charge in [-0.05, 0) is 25.0 Å². The van der Waals surface area contributed by atoms with E-state index in [9.17, 15) is 9.90 Å². The van der Waals surface area contributed by atoms with Crippen LogP contribution in [0.25, 0.3) is 5.82 Å². The summed E-state index contributed by atoms with van der Waals surface area (Å²) in [7, 11) is 0. The Labute approximate surface area is 122 Å². The van der Waals surface area contributed by atoms with Gasteiger partial charge in [0.2, 0.25) is 0 Å². The highest BCUT2D eigenvalue weighted by atomic mass is 16.3. The molecule has 7 nitrogen and oxygen atoms in total. The molecule has 21 heavy (non-hydrogen) atoms. The van der Waals surface area contributed by atoms with Crippen LogP contribution in [0.5, 0.6) is 0 Å². The molecule has 1 aliphatic carbocycles. The molecule has 2 aromatic rings. The Morgan fingerprint density at radius 2 is 2.24 bits per heavy atom. The summed E-state index contributed by atoms with van der Waals surface area (Å²) >= 11 is 0. The summed E-state index contributed by atoms with van der Waals surface area (Å²) in [6, 6.07) is 3.27. The van der Waals surface area contributed by atoms with Crippen molar-refractivity contribution >= 4 is 5.91 Å². The van der Waals surface area contributed by atoms with Crippen LogP contribution in [-0.2, 0) is 0 Å². The van der Waals surface area contributed by atoms with Crippen LogP contribution in [0, 0.1) is 0 Å². The van der Waals surface area contributed by atoms with Crippen molar-refractivity contribution in [3.8, 4) is 5.82 Å². The minimum atomic E-state index is -0.753. The van der Waals surface area contributed by atoms with Crippen molar-refractivity contribution < 1.29 is 9.90 Å². The van der Waals surface area contributed by atoms with E-state index in [1.54, 1.807) is 18.3 Å². The van der Waals surface area contributed by atoms with Crippen molar-refractivity contribution in [2.24, 2.45) is 0 Å². The van der Waals surface area contributed by atoms with Gasteiger partial charge in [-0.15, -0.1) is 0 Å². The smallest absolute Gasteiger partial charge is 0.251 e. The van der Waals surface area contributed by atoms with Crippen molar-refractivity contribution in [1.82, 2.24) is 25.1 Å². The van der Waals surface area contributed by atoms with E-state index < -0.39 is 5.60 Å². The Kier molecular flexibility index (Phi) is 3.66. The summed E-state index contributed by atoms with van der Waals surface area (Å²) in [6.45, 7) is 0.285. The molecule has 1 saturated carbocycles. The van der Waals surface area contributed by atoms with Crippen LogP contribution in [0.3, 0.4) is 0 Å². The number of nitrogens with one attached hydrogen (secondary N) is 1.